The molecule has 3 N–H and O–H groups in total. The van der Waals surface area contributed by atoms with Crippen LogP contribution in [-0.2, 0) is 4.79 Å². The molecule has 4 nitrogen and oxygen atoms in total. The van der Waals surface area contributed by atoms with Gasteiger partial charge >= 0.3 is 0 Å². The van der Waals surface area contributed by atoms with Crippen molar-refractivity contribution >= 4 is 11.6 Å². The molecular formula is C13H19N3O. The number of nitrogens with two attached hydrogens (primary N) is 1. The smallest absolute Gasteiger partial charge is 0.244 e. The highest BCUT2D eigenvalue weighted by atomic mass is 16.2. The minimum absolute atomic E-state index is 0.0329. The molecule has 0 saturated carbocycles. The van der Waals surface area contributed by atoms with Gasteiger partial charge in [0.05, 0.1) is 0 Å². The number of nitrogens with zero attached hydrogens (tertiary/aromatic N) is 1. The normalized spacial score (nSPS) is 20.9. The van der Waals surface area contributed by atoms with Gasteiger partial charge in [0.15, 0.2) is 0 Å². The standard InChI is InChI=1S/C13H19N3O/c1-10-3-5-11(6-4-10)16-8-2-7-15-13(17)12(16)9-14/h3-6,12H,2,7-9,14H2,1H3,(H,15,17). The fraction of sp³-hybridized carbons (Fsp3) is 0.462. The molecule has 0 radical (unpaired) electrons. The van der Waals surface area contributed by atoms with Gasteiger partial charge in [-0.05, 0) is 25.5 Å². The molecule has 1 unspecified atom stereocenters. The Balaban J connectivity index is 2.26. The zero-order valence-electron chi connectivity index (χ0n) is 10.1. The zero-order chi connectivity index (χ0) is 12.3. The van der Waals surface area contributed by atoms with E-state index in [-0.39, 0.29) is 11.9 Å². The zero-order valence-corrected chi connectivity index (χ0v) is 10.1. The molecule has 0 spiro atoms. The summed E-state index contributed by atoms with van der Waals surface area (Å²) in [6, 6.07) is 7.98. The molecule has 0 aromatic heterocycles. The average Bonchev–Trinajstić information content (AvgIpc) is 2.52. The Hall–Kier alpha value is -1.55. The quantitative estimate of drug-likeness (QED) is 0.788. The van der Waals surface area contributed by atoms with Crippen LogP contribution in [0.1, 0.15) is 12.0 Å². The first-order valence-corrected chi connectivity index (χ1v) is 6.03. The minimum atomic E-state index is -0.250. The van der Waals surface area contributed by atoms with Crippen LogP contribution in [0.4, 0.5) is 5.69 Å². The summed E-state index contributed by atoms with van der Waals surface area (Å²) >= 11 is 0. The van der Waals surface area contributed by atoms with Gasteiger partial charge in [-0.3, -0.25) is 4.79 Å². The summed E-state index contributed by atoms with van der Waals surface area (Å²) in [7, 11) is 0. The Morgan fingerprint density at radius 1 is 1.41 bits per heavy atom. The van der Waals surface area contributed by atoms with E-state index in [0.29, 0.717) is 6.54 Å². The van der Waals surface area contributed by atoms with E-state index in [0.717, 1.165) is 25.2 Å². The summed E-state index contributed by atoms with van der Waals surface area (Å²) in [5.74, 6) is 0.0329. The number of benzene rings is 1. The number of rotatable bonds is 2. The largest absolute Gasteiger partial charge is 0.358 e. The van der Waals surface area contributed by atoms with Crippen LogP contribution >= 0.6 is 0 Å². The molecule has 1 aliphatic heterocycles. The fourth-order valence-electron chi connectivity index (χ4n) is 2.16. The van der Waals surface area contributed by atoms with Crippen molar-refractivity contribution in [1.29, 1.82) is 0 Å². The van der Waals surface area contributed by atoms with Crippen LogP contribution in [0.2, 0.25) is 0 Å². The summed E-state index contributed by atoms with van der Waals surface area (Å²) in [6.07, 6.45) is 0.954. The monoisotopic (exact) mass is 233 g/mol. The fourth-order valence-corrected chi connectivity index (χ4v) is 2.16. The molecule has 1 aromatic rings. The molecule has 0 bridgehead atoms. The maximum atomic E-state index is 11.9. The van der Waals surface area contributed by atoms with Crippen molar-refractivity contribution in [3.05, 3.63) is 29.8 Å². The van der Waals surface area contributed by atoms with Gasteiger partial charge in [-0.1, -0.05) is 17.7 Å². The maximum Gasteiger partial charge on any atom is 0.244 e. The number of carbonyl (C=O) groups excluding carboxylic acids is 1. The van der Waals surface area contributed by atoms with E-state index in [4.69, 9.17) is 5.73 Å². The van der Waals surface area contributed by atoms with Crippen molar-refractivity contribution in [2.24, 2.45) is 5.73 Å². The minimum Gasteiger partial charge on any atom is -0.358 e. The molecule has 1 heterocycles. The van der Waals surface area contributed by atoms with Crippen molar-refractivity contribution in [2.45, 2.75) is 19.4 Å². The van der Waals surface area contributed by atoms with Crippen molar-refractivity contribution in [3.8, 4) is 0 Å². The van der Waals surface area contributed by atoms with Crippen LogP contribution in [0, 0.1) is 6.92 Å². The Labute approximate surface area is 102 Å². The van der Waals surface area contributed by atoms with E-state index in [1.165, 1.54) is 5.56 Å². The molecule has 1 atom stereocenters. The molecule has 17 heavy (non-hydrogen) atoms. The Morgan fingerprint density at radius 3 is 2.76 bits per heavy atom. The number of amides is 1. The van der Waals surface area contributed by atoms with Gasteiger partial charge in [-0.25, -0.2) is 0 Å². The second-order valence-corrected chi connectivity index (χ2v) is 4.43. The lowest BCUT2D eigenvalue weighted by Gasteiger charge is -2.29. The Morgan fingerprint density at radius 2 is 2.12 bits per heavy atom. The number of anilines is 1. The first kappa shape index (κ1) is 11.9. The van der Waals surface area contributed by atoms with Crippen LogP contribution in [-0.4, -0.2) is 31.6 Å². The van der Waals surface area contributed by atoms with Crippen LogP contribution in [0.15, 0.2) is 24.3 Å². The number of carbonyl (C=O) groups is 1. The van der Waals surface area contributed by atoms with E-state index in [2.05, 4.69) is 41.4 Å². The van der Waals surface area contributed by atoms with Crippen LogP contribution in [0.5, 0.6) is 0 Å². The molecule has 1 fully saturated rings. The van der Waals surface area contributed by atoms with Gasteiger partial charge in [0.1, 0.15) is 6.04 Å². The summed E-state index contributed by atoms with van der Waals surface area (Å²) in [5, 5.41) is 2.90. The molecular weight excluding hydrogens is 214 g/mol. The topological polar surface area (TPSA) is 58.4 Å². The summed E-state index contributed by atoms with van der Waals surface area (Å²) in [5.41, 5.74) is 8.01. The SMILES string of the molecule is Cc1ccc(N2CCCNC(=O)C2CN)cc1. The number of hydrogen-bond acceptors (Lipinski definition) is 3. The van der Waals surface area contributed by atoms with Gasteiger partial charge in [0, 0.05) is 25.3 Å². The molecule has 1 saturated heterocycles. The lowest BCUT2D eigenvalue weighted by molar-refractivity contribution is -0.121. The second kappa shape index (κ2) is 5.19. The molecule has 4 heteroatoms. The van der Waals surface area contributed by atoms with Crippen molar-refractivity contribution in [3.63, 3.8) is 0 Å². The van der Waals surface area contributed by atoms with Gasteiger partial charge < -0.3 is 16.0 Å². The first-order valence-electron chi connectivity index (χ1n) is 6.03. The predicted molar refractivity (Wildman–Crippen MR) is 69.0 cm³/mol. The third kappa shape index (κ3) is 2.58. The first-order chi connectivity index (χ1) is 8.22. The van der Waals surface area contributed by atoms with E-state index >= 15 is 0 Å². The third-order valence-corrected chi connectivity index (χ3v) is 3.14. The molecule has 1 aliphatic rings. The van der Waals surface area contributed by atoms with Crippen LogP contribution in [0.25, 0.3) is 0 Å². The number of hydrogen-bond donors (Lipinski definition) is 2. The van der Waals surface area contributed by atoms with Crippen molar-refractivity contribution < 1.29 is 4.79 Å². The van der Waals surface area contributed by atoms with E-state index < -0.39 is 0 Å². The Bertz CT molecular complexity index is 388. The third-order valence-electron chi connectivity index (χ3n) is 3.14. The predicted octanol–water partition coefficient (Wildman–Crippen LogP) is 0.649. The summed E-state index contributed by atoms with van der Waals surface area (Å²) < 4.78 is 0. The number of nitrogens with one attached hydrogen (secondary N) is 1. The molecule has 2 rings (SSSR count). The van der Waals surface area contributed by atoms with Gasteiger partial charge in [0.25, 0.3) is 0 Å². The summed E-state index contributed by atoms with van der Waals surface area (Å²) in [4.78, 5) is 14.0. The maximum absolute atomic E-state index is 11.9. The van der Waals surface area contributed by atoms with Gasteiger partial charge in [-0.15, -0.1) is 0 Å². The lowest BCUT2D eigenvalue weighted by atomic mass is 10.1. The highest BCUT2D eigenvalue weighted by Gasteiger charge is 2.26. The number of aryl methyl sites for hydroxylation is 1. The molecule has 92 valence electrons. The molecule has 1 aromatic carbocycles. The van der Waals surface area contributed by atoms with Crippen LogP contribution in [0.3, 0.4) is 0 Å². The van der Waals surface area contributed by atoms with E-state index in [1.54, 1.807) is 0 Å². The second-order valence-electron chi connectivity index (χ2n) is 4.43. The Kier molecular flexibility index (Phi) is 3.64. The molecule has 0 aliphatic carbocycles. The average molecular weight is 233 g/mol. The van der Waals surface area contributed by atoms with Gasteiger partial charge in [0.2, 0.25) is 5.91 Å². The van der Waals surface area contributed by atoms with Crippen molar-refractivity contribution in [2.75, 3.05) is 24.5 Å². The van der Waals surface area contributed by atoms with Crippen LogP contribution < -0.4 is 16.0 Å². The van der Waals surface area contributed by atoms with Crippen molar-refractivity contribution in [1.82, 2.24) is 5.32 Å². The summed E-state index contributed by atoms with van der Waals surface area (Å²) in [6.45, 7) is 4.00. The van der Waals surface area contributed by atoms with E-state index in [9.17, 15) is 4.79 Å². The van der Waals surface area contributed by atoms with E-state index in [1.807, 2.05) is 0 Å². The molecule has 1 amide bonds. The highest BCUT2D eigenvalue weighted by molar-refractivity contribution is 5.86. The lowest BCUT2D eigenvalue weighted by Crippen LogP contribution is -2.49. The highest BCUT2D eigenvalue weighted by Crippen LogP contribution is 2.19. The van der Waals surface area contributed by atoms with Gasteiger partial charge in [-0.2, -0.15) is 0 Å².